The van der Waals surface area contributed by atoms with Crippen molar-refractivity contribution in [1.82, 2.24) is 14.9 Å². The largest absolute Gasteiger partial charge is 0.479 e. The van der Waals surface area contributed by atoms with Gasteiger partial charge in [0.05, 0.1) is 12.8 Å². The number of hydrogen-bond acceptors (Lipinski definition) is 5. The van der Waals surface area contributed by atoms with Crippen LogP contribution in [0.4, 0.5) is 19.3 Å². The van der Waals surface area contributed by atoms with Crippen LogP contribution in [0, 0.1) is 11.6 Å². The number of methoxy groups -OCH3 is 1. The molecule has 184 valence electrons. The van der Waals surface area contributed by atoms with Gasteiger partial charge in [0.1, 0.15) is 22.6 Å². The molecule has 1 aliphatic heterocycles. The molecule has 10 heteroatoms. The third-order valence-electron chi connectivity index (χ3n) is 6.04. The number of pyridine rings is 1. The molecule has 1 saturated heterocycles. The third kappa shape index (κ3) is 3.71. The summed E-state index contributed by atoms with van der Waals surface area (Å²) in [6.45, 7) is 3.24. The molecule has 0 radical (unpaired) electrons. The molecule has 0 saturated carbocycles. The van der Waals surface area contributed by atoms with Crippen LogP contribution in [0.3, 0.4) is 0 Å². The smallest absolute Gasteiger partial charge is 0.329 e. The Morgan fingerprint density at radius 2 is 1.75 bits per heavy atom. The van der Waals surface area contributed by atoms with Crippen LogP contribution in [0.5, 0.6) is 17.4 Å². The van der Waals surface area contributed by atoms with Crippen molar-refractivity contribution in [1.29, 1.82) is 0 Å². The van der Waals surface area contributed by atoms with Crippen LogP contribution in [-0.4, -0.2) is 34.1 Å². The summed E-state index contributed by atoms with van der Waals surface area (Å²) in [7, 11) is 3.33. The average Bonchev–Trinajstić information content (AvgIpc) is 3.27. The number of imide groups is 1. The number of fused-ring (bicyclic) bond motifs is 1. The molecule has 1 aliphatic rings. The summed E-state index contributed by atoms with van der Waals surface area (Å²) in [6, 6.07) is 8.94. The molecular weight excluding hydrogens is 470 g/mol. The fourth-order valence-corrected chi connectivity index (χ4v) is 4.30. The lowest BCUT2D eigenvalue weighted by molar-refractivity contribution is -0.121. The highest BCUT2D eigenvalue weighted by Crippen LogP contribution is 2.42. The van der Waals surface area contributed by atoms with Crippen molar-refractivity contribution in [3.63, 3.8) is 0 Å². The molecule has 0 spiro atoms. The highest BCUT2D eigenvalue weighted by atomic mass is 19.1. The van der Waals surface area contributed by atoms with Crippen LogP contribution in [0.25, 0.3) is 22.0 Å². The molecule has 0 bridgehead atoms. The van der Waals surface area contributed by atoms with Gasteiger partial charge in [-0.2, -0.15) is 0 Å². The van der Waals surface area contributed by atoms with E-state index in [1.807, 2.05) is 17.8 Å². The van der Waals surface area contributed by atoms with Crippen LogP contribution in [0.2, 0.25) is 0 Å². The quantitative estimate of drug-likeness (QED) is 0.389. The minimum Gasteiger partial charge on any atom is -0.479 e. The summed E-state index contributed by atoms with van der Waals surface area (Å²) in [5.41, 5.74) is 1.08. The first-order chi connectivity index (χ1) is 17.1. The van der Waals surface area contributed by atoms with Gasteiger partial charge in [-0.3, -0.25) is 4.79 Å². The van der Waals surface area contributed by atoms with E-state index in [1.54, 1.807) is 32.2 Å². The first kappa shape index (κ1) is 23.3. The number of anilines is 1. The lowest BCUT2D eigenvalue weighted by Gasteiger charge is -2.18. The number of carbonyl (C=O) groups excluding carboxylic acids is 2. The van der Waals surface area contributed by atoms with E-state index < -0.39 is 29.1 Å². The molecule has 0 unspecified atom stereocenters. The number of nitrogens with zero attached hydrogens (tertiary/aromatic N) is 3. The number of aryl methyl sites for hydroxylation is 1. The number of carbonyl (C=O) groups is 2. The van der Waals surface area contributed by atoms with E-state index in [-0.39, 0.29) is 11.5 Å². The predicted molar refractivity (Wildman–Crippen MR) is 129 cm³/mol. The molecule has 3 amide bonds. The van der Waals surface area contributed by atoms with Gasteiger partial charge < -0.3 is 19.4 Å². The van der Waals surface area contributed by atoms with Crippen molar-refractivity contribution in [3.8, 4) is 28.5 Å². The highest BCUT2D eigenvalue weighted by molar-refractivity contribution is 6.23. The number of rotatable bonds is 5. The van der Waals surface area contributed by atoms with Crippen molar-refractivity contribution < 1.29 is 27.8 Å². The van der Waals surface area contributed by atoms with E-state index in [4.69, 9.17) is 9.47 Å². The Balaban J connectivity index is 1.72. The standard InChI is InChI=1S/C26H22F2N4O4/c1-26(2)24(33)32(25(34)30-26)15-6-8-20(36-21-7-5-14(27)11-19(21)28)17(12-15)18-13-31(3)22-16(18)9-10-29-23(22)35-4/h5-13H,1-4H3,(H,30,34). The molecule has 8 nitrogen and oxygen atoms in total. The molecule has 4 aromatic rings. The summed E-state index contributed by atoms with van der Waals surface area (Å²) in [6.07, 6.45) is 3.41. The van der Waals surface area contributed by atoms with Crippen LogP contribution >= 0.6 is 0 Å². The number of halogens is 2. The van der Waals surface area contributed by atoms with E-state index in [1.165, 1.54) is 25.3 Å². The van der Waals surface area contributed by atoms with Crippen molar-refractivity contribution in [3.05, 3.63) is 66.5 Å². The van der Waals surface area contributed by atoms with Crippen LogP contribution < -0.4 is 19.7 Å². The molecular formula is C26H22F2N4O4. The molecule has 1 fully saturated rings. The fraction of sp³-hybridized carbons (Fsp3) is 0.192. The lowest BCUT2D eigenvalue weighted by atomic mass is 10.0. The minimum absolute atomic E-state index is 0.180. The Kier molecular flexibility index (Phi) is 5.39. The number of urea groups is 1. The summed E-state index contributed by atoms with van der Waals surface area (Å²) in [5, 5.41) is 3.41. The van der Waals surface area contributed by atoms with E-state index in [0.29, 0.717) is 28.2 Å². The van der Waals surface area contributed by atoms with E-state index in [0.717, 1.165) is 22.4 Å². The maximum Gasteiger partial charge on any atom is 0.329 e. The second kappa shape index (κ2) is 8.33. The molecule has 3 heterocycles. The van der Waals surface area contributed by atoms with Gasteiger partial charge in [0.25, 0.3) is 5.91 Å². The van der Waals surface area contributed by atoms with Gasteiger partial charge in [0.2, 0.25) is 5.88 Å². The molecule has 36 heavy (non-hydrogen) atoms. The van der Waals surface area contributed by atoms with Gasteiger partial charge in [-0.1, -0.05) is 0 Å². The highest BCUT2D eigenvalue weighted by Gasteiger charge is 2.45. The zero-order valence-corrected chi connectivity index (χ0v) is 19.9. The number of benzene rings is 2. The van der Waals surface area contributed by atoms with Crippen LogP contribution in [0.15, 0.2) is 54.9 Å². The Bertz CT molecular complexity index is 1550. The first-order valence-electron chi connectivity index (χ1n) is 11.0. The van der Waals surface area contributed by atoms with Gasteiger partial charge in [-0.05, 0) is 50.2 Å². The first-order valence-corrected chi connectivity index (χ1v) is 11.0. The summed E-state index contributed by atoms with van der Waals surface area (Å²) < 4.78 is 41.0. The third-order valence-corrected chi connectivity index (χ3v) is 6.04. The number of ether oxygens (including phenoxy) is 2. The zero-order valence-electron chi connectivity index (χ0n) is 19.9. The maximum atomic E-state index is 14.4. The normalized spacial score (nSPS) is 14.9. The van der Waals surface area contributed by atoms with Crippen LogP contribution in [0.1, 0.15) is 13.8 Å². The fourth-order valence-electron chi connectivity index (χ4n) is 4.30. The van der Waals surface area contributed by atoms with Crippen molar-refractivity contribution >= 4 is 28.5 Å². The second-order valence-electron chi connectivity index (χ2n) is 8.92. The molecule has 2 aromatic carbocycles. The summed E-state index contributed by atoms with van der Waals surface area (Å²) >= 11 is 0. The SMILES string of the molecule is COc1nccc2c(-c3cc(N4C(=O)NC(C)(C)C4=O)ccc3Oc3ccc(F)cc3F)cn(C)c12. The molecule has 0 atom stereocenters. The Hall–Kier alpha value is -4.47. The van der Waals surface area contributed by atoms with E-state index in [9.17, 15) is 18.4 Å². The van der Waals surface area contributed by atoms with Crippen LogP contribution in [-0.2, 0) is 11.8 Å². The number of amides is 3. The van der Waals surface area contributed by atoms with Crippen molar-refractivity contribution in [2.24, 2.45) is 7.05 Å². The van der Waals surface area contributed by atoms with Gasteiger partial charge in [-0.25, -0.2) is 23.5 Å². The summed E-state index contributed by atoms with van der Waals surface area (Å²) in [5.74, 6) is -1.56. The Labute approximate surface area is 205 Å². The number of aromatic nitrogens is 2. The maximum absolute atomic E-state index is 14.4. The zero-order chi connectivity index (χ0) is 25.8. The number of nitrogens with one attached hydrogen (secondary N) is 1. The van der Waals surface area contributed by atoms with Crippen molar-refractivity contribution in [2.75, 3.05) is 12.0 Å². The second-order valence-corrected chi connectivity index (χ2v) is 8.92. The van der Waals surface area contributed by atoms with Gasteiger partial charge in [0, 0.05) is 42.0 Å². The molecule has 0 aliphatic carbocycles. The Morgan fingerprint density at radius 1 is 1.00 bits per heavy atom. The number of hydrogen-bond donors (Lipinski definition) is 1. The predicted octanol–water partition coefficient (Wildman–Crippen LogP) is 5.15. The van der Waals surface area contributed by atoms with Gasteiger partial charge in [-0.15, -0.1) is 0 Å². The molecule has 2 aromatic heterocycles. The molecule has 1 N–H and O–H groups in total. The average molecular weight is 492 g/mol. The molecule has 5 rings (SSSR count). The summed E-state index contributed by atoms with van der Waals surface area (Å²) in [4.78, 5) is 30.9. The van der Waals surface area contributed by atoms with Crippen molar-refractivity contribution in [2.45, 2.75) is 19.4 Å². The lowest BCUT2D eigenvalue weighted by Crippen LogP contribution is -2.40. The Morgan fingerprint density at radius 3 is 2.42 bits per heavy atom. The monoisotopic (exact) mass is 492 g/mol. The van der Waals surface area contributed by atoms with E-state index >= 15 is 0 Å². The van der Waals surface area contributed by atoms with Gasteiger partial charge >= 0.3 is 6.03 Å². The van der Waals surface area contributed by atoms with Gasteiger partial charge in [0.15, 0.2) is 11.6 Å². The topological polar surface area (TPSA) is 85.7 Å². The van der Waals surface area contributed by atoms with E-state index in [2.05, 4.69) is 10.3 Å². The minimum atomic E-state index is -1.07.